The van der Waals surface area contributed by atoms with Crippen LogP contribution >= 0.6 is 0 Å². The highest BCUT2D eigenvalue weighted by molar-refractivity contribution is 5.86. The van der Waals surface area contributed by atoms with Gasteiger partial charge in [-0.3, -0.25) is 15.1 Å². The van der Waals surface area contributed by atoms with Crippen molar-refractivity contribution in [3.8, 4) is 11.5 Å². The van der Waals surface area contributed by atoms with E-state index >= 15 is 0 Å². The van der Waals surface area contributed by atoms with Gasteiger partial charge >= 0.3 is 0 Å². The van der Waals surface area contributed by atoms with Gasteiger partial charge in [-0.1, -0.05) is 30.3 Å². The average molecular weight is 401 g/mol. The first-order valence-electron chi connectivity index (χ1n) is 9.28. The smallest absolute Gasteiger partial charge is 0.269 e. The molecule has 4 aromatic rings. The van der Waals surface area contributed by atoms with Gasteiger partial charge < -0.3 is 15.2 Å². The average Bonchev–Trinajstić information content (AvgIpc) is 2.79. The molecule has 2 N–H and O–H groups in total. The van der Waals surface area contributed by atoms with E-state index in [1.54, 1.807) is 25.4 Å². The first kappa shape index (κ1) is 19.2. The fourth-order valence-electron chi connectivity index (χ4n) is 3.36. The van der Waals surface area contributed by atoms with Crippen LogP contribution in [0.25, 0.3) is 10.9 Å². The predicted octanol–water partition coefficient (Wildman–Crippen LogP) is 5.06. The van der Waals surface area contributed by atoms with E-state index in [1.807, 2.05) is 48.5 Å². The Bertz CT molecular complexity index is 1190. The third-order valence-corrected chi connectivity index (χ3v) is 4.93. The molecule has 0 bridgehead atoms. The molecular weight excluding hydrogens is 382 g/mol. The van der Waals surface area contributed by atoms with Crippen molar-refractivity contribution in [3.63, 3.8) is 0 Å². The van der Waals surface area contributed by atoms with Gasteiger partial charge in [-0.05, 0) is 35.9 Å². The van der Waals surface area contributed by atoms with Crippen molar-refractivity contribution >= 4 is 22.3 Å². The Hall–Kier alpha value is -4.13. The Morgan fingerprint density at radius 2 is 1.77 bits per heavy atom. The second-order valence-corrected chi connectivity index (χ2v) is 6.73. The van der Waals surface area contributed by atoms with Crippen LogP contribution in [0.15, 0.2) is 79.0 Å². The van der Waals surface area contributed by atoms with Crippen molar-refractivity contribution in [3.05, 3.63) is 100 Å². The summed E-state index contributed by atoms with van der Waals surface area (Å²) in [7, 11) is 1.60. The van der Waals surface area contributed by atoms with Crippen molar-refractivity contribution in [2.24, 2.45) is 0 Å². The highest BCUT2D eigenvalue weighted by Gasteiger charge is 2.20. The number of hydrogen-bond acceptors (Lipinski definition) is 6. The molecule has 1 unspecified atom stereocenters. The van der Waals surface area contributed by atoms with Crippen LogP contribution in [0.2, 0.25) is 0 Å². The monoisotopic (exact) mass is 401 g/mol. The molecule has 1 heterocycles. The van der Waals surface area contributed by atoms with E-state index in [0.717, 1.165) is 16.7 Å². The number of phenolic OH excluding ortho intramolecular Hbond substituents is 1. The van der Waals surface area contributed by atoms with Crippen LogP contribution in [0, 0.1) is 10.1 Å². The zero-order valence-electron chi connectivity index (χ0n) is 16.1. The molecule has 0 aliphatic carbocycles. The number of rotatable bonds is 6. The maximum absolute atomic E-state index is 11.0. The lowest BCUT2D eigenvalue weighted by Gasteiger charge is -2.22. The normalized spacial score (nSPS) is 11.8. The number of nitrogens with zero attached hydrogens (tertiary/aromatic N) is 2. The van der Waals surface area contributed by atoms with Gasteiger partial charge in [0.25, 0.3) is 5.69 Å². The second kappa shape index (κ2) is 8.08. The van der Waals surface area contributed by atoms with Gasteiger partial charge in [-0.2, -0.15) is 0 Å². The zero-order chi connectivity index (χ0) is 21.1. The quantitative estimate of drug-likeness (QED) is 0.346. The van der Waals surface area contributed by atoms with Crippen molar-refractivity contribution in [1.29, 1.82) is 0 Å². The van der Waals surface area contributed by atoms with Gasteiger partial charge in [0.1, 0.15) is 17.0 Å². The highest BCUT2D eigenvalue weighted by atomic mass is 16.6. The van der Waals surface area contributed by atoms with E-state index in [9.17, 15) is 15.2 Å². The van der Waals surface area contributed by atoms with Gasteiger partial charge in [0.05, 0.1) is 18.1 Å². The Kier molecular flexibility index (Phi) is 5.17. The van der Waals surface area contributed by atoms with Crippen LogP contribution in [0.1, 0.15) is 17.2 Å². The molecule has 0 amide bonds. The standard InChI is InChI=1S/C23H19N3O4/c1-30-19-11-4-16(5-12-19)21(25-17-7-9-18(10-8-17)26(28)29)20-13-6-15-3-2-14-24-22(15)23(20)27/h2-14,21,25,27H,1H3. The van der Waals surface area contributed by atoms with E-state index < -0.39 is 11.0 Å². The minimum absolute atomic E-state index is 0.0132. The number of methoxy groups -OCH3 is 1. The number of nitrogens with one attached hydrogen (secondary N) is 1. The highest BCUT2D eigenvalue weighted by Crippen LogP contribution is 2.37. The van der Waals surface area contributed by atoms with Crippen LogP contribution in [-0.4, -0.2) is 22.1 Å². The molecular formula is C23H19N3O4. The van der Waals surface area contributed by atoms with Crippen molar-refractivity contribution in [2.75, 3.05) is 12.4 Å². The number of non-ortho nitro benzene ring substituents is 1. The summed E-state index contributed by atoms with van der Waals surface area (Å²) in [5.41, 5.74) is 2.74. The topological polar surface area (TPSA) is 97.5 Å². The molecule has 1 atom stereocenters. The van der Waals surface area contributed by atoms with Crippen LogP contribution in [0.5, 0.6) is 11.5 Å². The predicted molar refractivity (Wildman–Crippen MR) is 115 cm³/mol. The van der Waals surface area contributed by atoms with Crippen LogP contribution in [0.3, 0.4) is 0 Å². The van der Waals surface area contributed by atoms with Gasteiger partial charge in [0, 0.05) is 35.0 Å². The number of aromatic nitrogens is 1. The molecule has 1 aromatic heterocycles. The number of anilines is 1. The van der Waals surface area contributed by atoms with Gasteiger partial charge in [-0.25, -0.2) is 0 Å². The molecule has 3 aromatic carbocycles. The number of benzene rings is 3. The summed E-state index contributed by atoms with van der Waals surface area (Å²) >= 11 is 0. The molecule has 150 valence electrons. The molecule has 7 nitrogen and oxygen atoms in total. The molecule has 0 spiro atoms. The van der Waals surface area contributed by atoms with Crippen molar-refractivity contribution in [1.82, 2.24) is 4.98 Å². The molecule has 7 heteroatoms. The first-order chi connectivity index (χ1) is 14.6. The number of nitro groups is 1. The van der Waals surface area contributed by atoms with Crippen molar-refractivity contribution < 1.29 is 14.8 Å². The first-order valence-corrected chi connectivity index (χ1v) is 9.28. The number of hydrogen-bond donors (Lipinski definition) is 2. The van der Waals surface area contributed by atoms with E-state index in [0.29, 0.717) is 16.8 Å². The van der Waals surface area contributed by atoms with Gasteiger partial charge in [0.15, 0.2) is 0 Å². The number of ether oxygens (including phenoxy) is 1. The Morgan fingerprint density at radius 3 is 2.43 bits per heavy atom. The molecule has 4 rings (SSSR count). The van der Waals surface area contributed by atoms with Gasteiger partial charge in [0.2, 0.25) is 0 Å². The molecule has 0 saturated heterocycles. The molecule has 30 heavy (non-hydrogen) atoms. The summed E-state index contributed by atoms with van der Waals surface area (Å²) in [4.78, 5) is 14.8. The van der Waals surface area contributed by atoms with Crippen LogP contribution < -0.4 is 10.1 Å². The largest absolute Gasteiger partial charge is 0.505 e. The summed E-state index contributed by atoms with van der Waals surface area (Å²) in [6, 6.07) is 20.7. The fraction of sp³-hybridized carbons (Fsp3) is 0.0870. The zero-order valence-corrected chi connectivity index (χ0v) is 16.1. The lowest BCUT2D eigenvalue weighted by atomic mass is 9.96. The fourth-order valence-corrected chi connectivity index (χ4v) is 3.36. The number of aromatic hydroxyl groups is 1. The van der Waals surface area contributed by atoms with Crippen LogP contribution in [-0.2, 0) is 0 Å². The summed E-state index contributed by atoms with van der Waals surface area (Å²) in [5, 5.41) is 26.1. The second-order valence-electron chi connectivity index (χ2n) is 6.73. The summed E-state index contributed by atoms with van der Waals surface area (Å²) < 4.78 is 5.25. The van der Waals surface area contributed by atoms with Crippen LogP contribution in [0.4, 0.5) is 11.4 Å². The Morgan fingerprint density at radius 1 is 1.03 bits per heavy atom. The Balaban J connectivity index is 1.79. The SMILES string of the molecule is COc1ccc(C(Nc2ccc([N+](=O)[O-])cc2)c2ccc3cccnc3c2O)cc1. The van der Waals surface area contributed by atoms with E-state index in [1.165, 1.54) is 12.1 Å². The van der Waals surface area contributed by atoms with Crippen molar-refractivity contribution in [2.45, 2.75) is 6.04 Å². The Labute approximate surface area is 172 Å². The minimum Gasteiger partial charge on any atom is -0.505 e. The maximum atomic E-state index is 11.0. The third-order valence-electron chi connectivity index (χ3n) is 4.93. The van der Waals surface area contributed by atoms with E-state index in [2.05, 4.69) is 10.3 Å². The number of nitro benzene ring substituents is 1. The lowest BCUT2D eigenvalue weighted by molar-refractivity contribution is -0.384. The third kappa shape index (κ3) is 3.73. The molecule has 0 fully saturated rings. The minimum atomic E-state index is -0.439. The summed E-state index contributed by atoms with van der Waals surface area (Å²) in [5.74, 6) is 0.806. The molecule has 0 aliphatic heterocycles. The molecule has 0 saturated carbocycles. The lowest BCUT2D eigenvalue weighted by Crippen LogP contribution is -2.13. The summed E-state index contributed by atoms with van der Waals surface area (Å²) in [6.07, 6.45) is 1.64. The van der Waals surface area contributed by atoms with E-state index in [4.69, 9.17) is 4.74 Å². The summed E-state index contributed by atoms with van der Waals surface area (Å²) in [6.45, 7) is 0. The maximum Gasteiger partial charge on any atom is 0.269 e. The number of phenols is 1. The molecule has 0 aliphatic rings. The number of pyridine rings is 1. The van der Waals surface area contributed by atoms with Gasteiger partial charge in [-0.15, -0.1) is 0 Å². The molecule has 0 radical (unpaired) electrons. The van der Waals surface area contributed by atoms with E-state index in [-0.39, 0.29) is 11.4 Å². The number of fused-ring (bicyclic) bond motifs is 1.